The number of carbonyl (C=O) groups is 1. The first-order chi connectivity index (χ1) is 7.20. The Hall–Kier alpha value is -1.71. The fourth-order valence-electron chi connectivity index (χ4n) is 1.81. The van der Waals surface area contributed by atoms with Gasteiger partial charge >= 0.3 is 6.03 Å². The average molecular weight is 206 g/mol. The van der Waals surface area contributed by atoms with Gasteiger partial charge in [-0.15, -0.1) is 0 Å². The number of ether oxygens (including phenoxy) is 1. The highest BCUT2D eigenvalue weighted by molar-refractivity contribution is 5.77. The molecule has 1 aliphatic rings. The predicted octanol–water partition coefficient (Wildman–Crippen LogP) is 1.36. The van der Waals surface area contributed by atoms with E-state index in [2.05, 4.69) is 10.6 Å². The second kappa shape index (κ2) is 3.81. The van der Waals surface area contributed by atoms with Crippen LogP contribution in [0.1, 0.15) is 17.2 Å². The molecule has 1 saturated heterocycles. The molecule has 0 aromatic heterocycles. The average Bonchev–Trinajstić information content (AvgIpc) is 2.64. The fraction of sp³-hybridized carbons (Fsp3) is 0.364. The van der Waals surface area contributed by atoms with Gasteiger partial charge in [0.25, 0.3) is 0 Å². The van der Waals surface area contributed by atoms with Crippen molar-refractivity contribution in [3.05, 3.63) is 29.3 Å². The van der Waals surface area contributed by atoms with Gasteiger partial charge in [-0.1, -0.05) is 6.07 Å². The maximum Gasteiger partial charge on any atom is 0.315 e. The smallest absolute Gasteiger partial charge is 0.315 e. The summed E-state index contributed by atoms with van der Waals surface area (Å²) in [4.78, 5) is 11.0. The highest BCUT2D eigenvalue weighted by Crippen LogP contribution is 2.23. The van der Waals surface area contributed by atoms with Crippen LogP contribution in [0.2, 0.25) is 0 Å². The maximum atomic E-state index is 11.0. The summed E-state index contributed by atoms with van der Waals surface area (Å²) in [6.07, 6.45) is 0. The summed E-state index contributed by atoms with van der Waals surface area (Å²) in [5.74, 6) is 0.841. The molecular formula is C11H14N2O2. The lowest BCUT2D eigenvalue weighted by Gasteiger charge is -2.13. The number of rotatable bonds is 2. The molecule has 0 aliphatic carbocycles. The number of nitrogens with one attached hydrogen (secondary N) is 2. The molecule has 2 N–H and O–H groups in total. The summed E-state index contributed by atoms with van der Waals surface area (Å²) in [6, 6.07) is 5.84. The standard InChI is InChI=1S/C11H14N2O2/c1-7-5-8(15-2)3-4-9(7)10-6-12-11(14)13-10/h3-5,10H,6H2,1-2H3,(H2,12,13,14)/t10-/m1/s1. The van der Waals surface area contributed by atoms with Gasteiger partial charge in [0.05, 0.1) is 13.2 Å². The molecule has 1 atom stereocenters. The number of hydrogen-bond acceptors (Lipinski definition) is 2. The molecule has 1 heterocycles. The predicted molar refractivity (Wildman–Crippen MR) is 57.0 cm³/mol. The Morgan fingerprint density at radius 3 is 2.80 bits per heavy atom. The molecular weight excluding hydrogens is 192 g/mol. The van der Waals surface area contributed by atoms with Gasteiger partial charge in [-0.2, -0.15) is 0 Å². The lowest BCUT2D eigenvalue weighted by atomic mass is 10.0. The van der Waals surface area contributed by atoms with E-state index in [1.54, 1.807) is 7.11 Å². The van der Waals surface area contributed by atoms with Crippen molar-refractivity contribution in [2.24, 2.45) is 0 Å². The fourth-order valence-corrected chi connectivity index (χ4v) is 1.81. The number of benzene rings is 1. The van der Waals surface area contributed by atoms with Crippen LogP contribution in [0.15, 0.2) is 18.2 Å². The van der Waals surface area contributed by atoms with Crippen LogP contribution in [0, 0.1) is 6.92 Å². The third-order valence-electron chi connectivity index (χ3n) is 2.62. The van der Waals surface area contributed by atoms with Crippen LogP contribution < -0.4 is 15.4 Å². The molecule has 0 saturated carbocycles. The molecule has 0 bridgehead atoms. The van der Waals surface area contributed by atoms with Crippen LogP contribution in [0.5, 0.6) is 5.75 Å². The third kappa shape index (κ3) is 1.88. The maximum absolute atomic E-state index is 11.0. The number of urea groups is 1. The Morgan fingerprint density at radius 2 is 2.27 bits per heavy atom. The molecule has 15 heavy (non-hydrogen) atoms. The van der Waals surface area contributed by atoms with E-state index in [1.807, 2.05) is 25.1 Å². The van der Waals surface area contributed by atoms with Crippen LogP contribution in [0.3, 0.4) is 0 Å². The molecule has 2 rings (SSSR count). The Bertz CT molecular complexity index is 390. The first-order valence-electron chi connectivity index (χ1n) is 4.89. The topological polar surface area (TPSA) is 50.4 Å². The van der Waals surface area contributed by atoms with Gasteiger partial charge in [-0.05, 0) is 30.2 Å². The first-order valence-corrected chi connectivity index (χ1v) is 4.89. The van der Waals surface area contributed by atoms with Crippen LogP contribution in [0.4, 0.5) is 4.79 Å². The van der Waals surface area contributed by atoms with Crippen molar-refractivity contribution in [2.45, 2.75) is 13.0 Å². The van der Waals surface area contributed by atoms with Crippen molar-refractivity contribution < 1.29 is 9.53 Å². The summed E-state index contributed by atoms with van der Waals surface area (Å²) in [5.41, 5.74) is 2.26. The summed E-state index contributed by atoms with van der Waals surface area (Å²) >= 11 is 0. The molecule has 0 radical (unpaired) electrons. The van der Waals surface area contributed by atoms with Crippen LogP contribution in [-0.4, -0.2) is 19.7 Å². The third-order valence-corrected chi connectivity index (χ3v) is 2.62. The van der Waals surface area contributed by atoms with Gasteiger partial charge in [0, 0.05) is 6.54 Å². The zero-order valence-corrected chi connectivity index (χ0v) is 8.83. The summed E-state index contributed by atoms with van der Waals surface area (Å²) < 4.78 is 5.13. The van der Waals surface area contributed by atoms with Crippen molar-refractivity contribution in [3.63, 3.8) is 0 Å². The lowest BCUT2D eigenvalue weighted by Crippen LogP contribution is -2.22. The molecule has 2 amide bonds. The van der Waals surface area contributed by atoms with Crippen molar-refractivity contribution in [1.29, 1.82) is 0 Å². The molecule has 1 aromatic rings. The Labute approximate surface area is 88.6 Å². The van der Waals surface area contributed by atoms with E-state index in [0.717, 1.165) is 16.9 Å². The van der Waals surface area contributed by atoms with Crippen molar-refractivity contribution in [2.75, 3.05) is 13.7 Å². The van der Waals surface area contributed by atoms with E-state index in [0.29, 0.717) is 6.54 Å². The van der Waals surface area contributed by atoms with Crippen molar-refractivity contribution >= 4 is 6.03 Å². The van der Waals surface area contributed by atoms with Gasteiger partial charge in [-0.3, -0.25) is 0 Å². The molecule has 4 nitrogen and oxygen atoms in total. The van der Waals surface area contributed by atoms with Gasteiger partial charge in [0.15, 0.2) is 0 Å². The van der Waals surface area contributed by atoms with Crippen molar-refractivity contribution in [3.8, 4) is 5.75 Å². The van der Waals surface area contributed by atoms with Gasteiger partial charge < -0.3 is 15.4 Å². The van der Waals surface area contributed by atoms with E-state index < -0.39 is 0 Å². The normalized spacial score (nSPS) is 19.6. The van der Waals surface area contributed by atoms with E-state index in [9.17, 15) is 4.79 Å². The number of amides is 2. The zero-order chi connectivity index (χ0) is 10.8. The molecule has 0 spiro atoms. The van der Waals surface area contributed by atoms with Crippen LogP contribution in [0.25, 0.3) is 0 Å². The van der Waals surface area contributed by atoms with Gasteiger partial charge in [0.2, 0.25) is 0 Å². The molecule has 0 unspecified atom stereocenters. The highest BCUT2D eigenvalue weighted by Gasteiger charge is 2.22. The Balaban J connectivity index is 2.25. The SMILES string of the molecule is COc1ccc([C@H]2CNC(=O)N2)c(C)c1. The lowest BCUT2D eigenvalue weighted by molar-refractivity contribution is 0.247. The molecule has 80 valence electrons. The van der Waals surface area contributed by atoms with E-state index in [-0.39, 0.29) is 12.1 Å². The van der Waals surface area contributed by atoms with Crippen molar-refractivity contribution in [1.82, 2.24) is 10.6 Å². The second-order valence-corrected chi connectivity index (χ2v) is 3.63. The summed E-state index contributed by atoms with van der Waals surface area (Å²) in [6.45, 7) is 2.66. The number of hydrogen-bond donors (Lipinski definition) is 2. The summed E-state index contributed by atoms with van der Waals surface area (Å²) in [5, 5.41) is 5.60. The van der Waals surface area contributed by atoms with E-state index >= 15 is 0 Å². The number of aryl methyl sites for hydroxylation is 1. The number of carbonyl (C=O) groups excluding carboxylic acids is 1. The zero-order valence-electron chi connectivity index (χ0n) is 8.83. The van der Waals surface area contributed by atoms with Crippen LogP contribution >= 0.6 is 0 Å². The second-order valence-electron chi connectivity index (χ2n) is 3.63. The minimum absolute atomic E-state index is 0.0726. The van der Waals surface area contributed by atoms with E-state index in [4.69, 9.17) is 4.74 Å². The first kappa shape index (κ1) is 9.83. The highest BCUT2D eigenvalue weighted by atomic mass is 16.5. The molecule has 1 aromatic carbocycles. The minimum atomic E-state index is -0.102. The minimum Gasteiger partial charge on any atom is -0.497 e. The van der Waals surface area contributed by atoms with Gasteiger partial charge in [0.1, 0.15) is 5.75 Å². The summed E-state index contributed by atoms with van der Waals surface area (Å²) in [7, 11) is 1.65. The molecule has 4 heteroatoms. The largest absolute Gasteiger partial charge is 0.497 e. The van der Waals surface area contributed by atoms with Gasteiger partial charge in [-0.25, -0.2) is 4.79 Å². The van der Waals surface area contributed by atoms with Crippen LogP contribution in [-0.2, 0) is 0 Å². The number of methoxy groups -OCH3 is 1. The van der Waals surface area contributed by atoms with E-state index in [1.165, 1.54) is 0 Å². The Kier molecular flexibility index (Phi) is 2.49. The molecule has 1 fully saturated rings. The Morgan fingerprint density at radius 1 is 1.47 bits per heavy atom. The quantitative estimate of drug-likeness (QED) is 0.767. The monoisotopic (exact) mass is 206 g/mol. The molecule has 1 aliphatic heterocycles.